The fraction of sp³-hybridized carbons (Fsp3) is 0.917. The van der Waals surface area contributed by atoms with Crippen LogP contribution in [-0.2, 0) is 9.53 Å². The van der Waals surface area contributed by atoms with E-state index >= 15 is 0 Å². The van der Waals surface area contributed by atoms with Gasteiger partial charge in [0.25, 0.3) is 0 Å². The average Bonchev–Trinajstić information content (AvgIpc) is 2.76. The van der Waals surface area contributed by atoms with Crippen LogP contribution in [0, 0.1) is 5.92 Å². The van der Waals surface area contributed by atoms with Gasteiger partial charge in [-0.15, -0.1) is 0 Å². The molecule has 1 N–H and O–H groups in total. The van der Waals surface area contributed by atoms with Crippen molar-refractivity contribution in [1.82, 2.24) is 5.32 Å². The molecular formula is C12H22BrNO2. The summed E-state index contributed by atoms with van der Waals surface area (Å²) in [6.07, 6.45) is 5.38. The standard InChI is InChI=1S/C12H22BrNO2/c1-2-11-10(6-9-16-11)12(15)14-8-5-3-4-7-13/h10-11H,2-9H2,1H3,(H,14,15). The first-order valence-electron chi connectivity index (χ1n) is 6.24. The Labute approximate surface area is 106 Å². The summed E-state index contributed by atoms with van der Waals surface area (Å²) in [4.78, 5) is 11.8. The lowest BCUT2D eigenvalue weighted by molar-refractivity contribution is -0.126. The van der Waals surface area contributed by atoms with Crippen molar-refractivity contribution in [2.75, 3.05) is 18.5 Å². The van der Waals surface area contributed by atoms with E-state index in [1.54, 1.807) is 0 Å². The Hall–Kier alpha value is -0.0900. The van der Waals surface area contributed by atoms with E-state index in [1.165, 1.54) is 12.8 Å². The van der Waals surface area contributed by atoms with Gasteiger partial charge in [-0.2, -0.15) is 0 Å². The van der Waals surface area contributed by atoms with Crippen LogP contribution in [0.25, 0.3) is 0 Å². The summed E-state index contributed by atoms with van der Waals surface area (Å²) in [5.41, 5.74) is 0. The number of amides is 1. The van der Waals surface area contributed by atoms with E-state index in [-0.39, 0.29) is 17.9 Å². The Kier molecular flexibility index (Phi) is 7.05. The van der Waals surface area contributed by atoms with Gasteiger partial charge in [-0.3, -0.25) is 4.79 Å². The number of hydrogen-bond donors (Lipinski definition) is 1. The average molecular weight is 292 g/mol. The molecule has 3 nitrogen and oxygen atoms in total. The monoisotopic (exact) mass is 291 g/mol. The first kappa shape index (κ1) is 14.0. The molecule has 1 fully saturated rings. The molecule has 1 saturated heterocycles. The van der Waals surface area contributed by atoms with Crippen molar-refractivity contribution in [3.8, 4) is 0 Å². The molecule has 0 aromatic rings. The molecule has 0 bridgehead atoms. The Morgan fingerprint density at radius 3 is 2.94 bits per heavy atom. The first-order valence-corrected chi connectivity index (χ1v) is 7.37. The van der Waals surface area contributed by atoms with Crippen LogP contribution in [0.5, 0.6) is 0 Å². The molecule has 0 saturated carbocycles. The highest BCUT2D eigenvalue weighted by atomic mass is 79.9. The van der Waals surface area contributed by atoms with Crippen molar-refractivity contribution >= 4 is 21.8 Å². The number of nitrogens with one attached hydrogen (secondary N) is 1. The highest BCUT2D eigenvalue weighted by Gasteiger charge is 2.32. The van der Waals surface area contributed by atoms with Gasteiger partial charge < -0.3 is 10.1 Å². The number of hydrogen-bond acceptors (Lipinski definition) is 2. The molecule has 0 radical (unpaired) electrons. The van der Waals surface area contributed by atoms with Gasteiger partial charge in [-0.25, -0.2) is 0 Å². The lowest BCUT2D eigenvalue weighted by Crippen LogP contribution is -2.35. The van der Waals surface area contributed by atoms with Crippen molar-refractivity contribution in [1.29, 1.82) is 0 Å². The zero-order valence-electron chi connectivity index (χ0n) is 10.0. The largest absolute Gasteiger partial charge is 0.377 e. The van der Waals surface area contributed by atoms with Crippen molar-refractivity contribution in [3.05, 3.63) is 0 Å². The van der Waals surface area contributed by atoms with Gasteiger partial charge in [0, 0.05) is 18.5 Å². The number of carbonyl (C=O) groups excluding carboxylic acids is 1. The summed E-state index contributed by atoms with van der Waals surface area (Å²) in [6, 6.07) is 0. The van der Waals surface area contributed by atoms with Crippen LogP contribution in [0.3, 0.4) is 0 Å². The lowest BCUT2D eigenvalue weighted by Gasteiger charge is -2.16. The SMILES string of the molecule is CCC1OCCC1C(=O)NCCCCCBr. The molecule has 1 amide bonds. The van der Waals surface area contributed by atoms with Crippen LogP contribution >= 0.6 is 15.9 Å². The second kappa shape index (κ2) is 8.07. The molecule has 2 atom stereocenters. The third-order valence-corrected chi connectivity index (χ3v) is 3.62. The third-order valence-electron chi connectivity index (χ3n) is 3.06. The van der Waals surface area contributed by atoms with Gasteiger partial charge in [-0.1, -0.05) is 29.3 Å². The van der Waals surface area contributed by atoms with Gasteiger partial charge in [0.1, 0.15) is 0 Å². The molecular weight excluding hydrogens is 270 g/mol. The Morgan fingerprint density at radius 1 is 1.44 bits per heavy atom. The number of alkyl halides is 1. The van der Waals surface area contributed by atoms with Gasteiger partial charge in [0.15, 0.2) is 0 Å². The quantitative estimate of drug-likeness (QED) is 0.578. The maximum atomic E-state index is 11.8. The highest BCUT2D eigenvalue weighted by molar-refractivity contribution is 9.09. The van der Waals surface area contributed by atoms with Gasteiger partial charge in [-0.05, 0) is 25.7 Å². The molecule has 16 heavy (non-hydrogen) atoms. The molecule has 1 aliphatic heterocycles. The van der Waals surface area contributed by atoms with E-state index in [2.05, 4.69) is 28.2 Å². The number of rotatable bonds is 7. The summed E-state index contributed by atoms with van der Waals surface area (Å²) < 4.78 is 5.51. The topological polar surface area (TPSA) is 38.3 Å². The van der Waals surface area contributed by atoms with Crippen molar-refractivity contribution in [2.45, 2.75) is 45.1 Å². The summed E-state index contributed by atoms with van der Waals surface area (Å²) in [5, 5.41) is 4.06. The van der Waals surface area contributed by atoms with Crippen LogP contribution in [0.2, 0.25) is 0 Å². The van der Waals surface area contributed by atoms with Gasteiger partial charge >= 0.3 is 0 Å². The van der Waals surface area contributed by atoms with E-state index in [0.717, 1.165) is 37.7 Å². The van der Waals surface area contributed by atoms with E-state index in [9.17, 15) is 4.79 Å². The fourth-order valence-electron chi connectivity index (χ4n) is 2.09. The first-order chi connectivity index (χ1) is 7.79. The molecule has 0 aromatic heterocycles. The minimum absolute atomic E-state index is 0.0844. The molecule has 94 valence electrons. The Bertz CT molecular complexity index is 211. The molecule has 1 aliphatic rings. The van der Waals surface area contributed by atoms with Crippen molar-refractivity contribution in [3.63, 3.8) is 0 Å². The summed E-state index contributed by atoms with van der Waals surface area (Å²) in [6.45, 7) is 3.62. The zero-order valence-corrected chi connectivity index (χ0v) is 11.6. The predicted octanol–water partition coefficient (Wildman–Crippen LogP) is 2.48. The van der Waals surface area contributed by atoms with E-state index in [0.29, 0.717) is 0 Å². The number of carbonyl (C=O) groups is 1. The molecule has 0 aromatic carbocycles. The molecule has 1 heterocycles. The van der Waals surface area contributed by atoms with Gasteiger partial charge in [0.2, 0.25) is 5.91 Å². The van der Waals surface area contributed by atoms with Crippen molar-refractivity contribution < 1.29 is 9.53 Å². The molecule has 1 rings (SSSR count). The lowest BCUT2D eigenvalue weighted by atomic mass is 9.99. The van der Waals surface area contributed by atoms with Crippen molar-refractivity contribution in [2.24, 2.45) is 5.92 Å². The summed E-state index contributed by atoms with van der Waals surface area (Å²) in [7, 11) is 0. The van der Waals surface area contributed by atoms with E-state index in [4.69, 9.17) is 4.74 Å². The number of halogens is 1. The van der Waals surface area contributed by atoms with E-state index < -0.39 is 0 Å². The second-order valence-electron chi connectivity index (χ2n) is 4.25. The highest BCUT2D eigenvalue weighted by Crippen LogP contribution is 2.23. The van der Waals surface area contributed by atoms with Gasteiger partial charge in [0.05, 0.1) is 12.0 Å². The Balaban J connectivity index is 2.14. The second-order valence-corrected chi connectivity index (χ2v) is 5.05. The smallest absolute Gasteiger partial charge is 0.225 e. The van der Waals surface area contributed by atoms with Crippen LogP contribution in [0.1, 0.15) is 39.0 Å². The molecule has 0 spiro atoms. The summed E-state index contributed by atoms with van der Waals surface area (Å²) >= 11 is 3.40. The zero-order chi connectivity index (χ0) is 11.8. The minimum Gasteiger partial charge on any atom is -0.377 e. The fourth-order valence-corrected chi connectivity index (χ4v) is 2.49. The number of unbranched alkanes of at least 4 members (excludes halogenated alkanes) is 2. The maximum Gasteiger partial charge on any atom is 0.225 e. The number of ether oxygens (including phenoxy) is 1. The maximum absolute atomic E-state index is 11.8. The Morgan fingerprint density at radius 2 is 2.25 bits per heavy atom. The third kappa shape index (κ3) is 4.42. The predicted molar refractivity (Wildman–Crippen MR) is 68.8 cm³/mol. The normalized spacial score (nSPS) is 24.6. The van der Waals surface area contributed by atoms with Crippen LogP contribution in [0.15, 0.2) is 0 Å². The van der Waals surface area contributed by atoms with E-state index in [1.807, 2.05) is 0 Å². The summed E-state index contributed by atoms with van der Waals surface area (Å²) in [5.74, 6) is 0.268. The molecule has 4 heteroatoms. The molecule has 2 unspecified atom stereocenters. The molecule has 0 aliphatic carbocycles. The minimum atomic E-state index is 0.0844. The van der Waals surface area contributed by atoms with Crippen LogP contribution < -0.4 is 5.32 Å². The van der Waals surface area contributed by atoms with Crippen LogP contribution in [-0.4, -0.2) is 30.5 Å². The van der Waals surface area contributed by atoms with Crippen LogP contribution in [0.4, 0.5) is 0 Å².